The van der Waals surface area contributed by atoms with Gasteiger partial charge in [-0.2, -0.15) is 0 Å². The number of fused-ring (bicyclic) bond motifs is 1. The molecule has 4 rings (SSSR count). The molecule has 0 aliphatic carbocycles. The van der Waals surface area contributed by atoms with Gasteiger partial charge in [-0.25, -0.2) is 4.79 Å². The number of rotatable bonds is 6. The van der Waals surface area contributed by atoms with E-state index in [4.69, 9.17) is 9.31 Å². The molecule has 7 nitrogen and oxygen atoms in total. The van der Waals surface area contributed by atoms with Crippen molar-refractivity contribution in [1.82, 2.24) is 10.3 Å². The van der Waals surface area contributed by atoms with Crippen molar-refractivity contribution in [2.75, 3.05) is 0 Å². The van der Waals surface area contributed by atoms with Crippen LogP contribution in [-0.2, 0) is 20.5 Å². The molecule has 1 saturated heterocycles. The summed E-state index contributed by atoms with van der Waals surface area (Å²) >= 11 is 0. The molecule has 33 heavy (non-hydrogen) atoms. The van der Waals surface area contributed by atoms with E-state index < -0.39 is 36.2 Å². The second-order valence-electron chi connectivity index (χ2n) is 9.27. The molecule has 0 saturated carbocycles. The van der Waals surface area contributed by atoms with Crippen LogP contribution in [0.4, 0.5) is 0 Å². The Labute approximate surface area is 193 Å². The first-order valence-electron chi connectivity index (χ1n) is 10.9. The van der Waals surface area contributed by atoms with Gasteiger partial charge in [0.1, 0.15) is 6.04 Å². The van der Waals surface area contributed by atoms with E-state index in [9.17, 15) is 14.7 Å². The molecule has 0 bridgehead atoms. The third-order valence-electron chi connectivity index (χ3n) is 6.44. The Morgan fingerprint density at radius 2 is 1.64 bits per heavy atom. The van der Waals surface area contributed by atoms with E-state index in [-0.39, 0.29) is 6.42 Å². The number of pyridine rings is 1. The normalized spacial score (nSPS) is 17.6. The topological polar surface area (TPSA) is 97.8 Å². The molecule has 1 amide bonds. The van der Waals surface area contributed by atoms with Crippen LogP contribution in [0.15, 0.2) is 60.8 Å². The van der Waals surface area contributed by atoms with Gasteiger partial charge in [0.2, 0.25) is 0 Å². The highest BCUT2D eigenvalue weighted by atomic mass is 16.7. The number of carbonyl (C=O) groups excluding carboxylic acids is 1. The molecule has 1 aliphatic heterocycles. The number of aromatic nitrogens is 1. The number of hydrogen-bond acceptors (Lipinski definition) is 5. The van der Waals surface area contributed by atoms with E-state index in [0.717, 1.165) is 11.0 Å². The quantitative estimate of drug-likeness (QED) is 0.566. The Hall–Kier alpha value is -3.23. The van der Waals surface area contributed by atoms with Crippen LogP contribution in [0.3, 0.4) is 0 Å². The smallest absolute Gasteiger partial charge is 0.480 e. The highest BCUT2D eigenvalue weighted by Crippen LogP contribution is 2.36. The zero-order valence-corrected chi connectivity index (χ0v) is 19.2. The lowest BCUT2D eigenvalue weighted by Crippen LogP contribution is -2.42. The Morgan fingerprint density at radius 1 is 1.00 bits per heavy atom. The number of carboxylic acids is 1. The fourth-order valence-corrected chi connectivity index (χ4v) is 3.76. The van der Waals surface area contributed by atoms with Crippen molar-refractivity contribution in [1.29, 1.82) is 0 Å². The maximum atomic E-state index is 12.9. The minimum absolute atomic E-state index is 0.147. The summed E-state index contributed by atoms with van der Waals surface area (Å²) in [5.41, 5.74) is 1.83. The maximum Gasteiger partial charge on any atom is 0.494 e. The van der Waals surface area contributed by atoms with Gasteiger partial charge in [0.25, 0.3) is 5.91 Å². The number of para-hydroxylation sites is 1. The summed E-state index contributed by atoms with van der Waals surface area (Å²) in [6.07, 6.45) is 1.69. The molecular weight excluding hydrogens is 419 g/mol. The molecule has 1 aromatic heterocycles. The summed E-state index contributed by atoms with van der Waals surface area (Å²) in [4.78, 5) is 29.0. The largest absolute Gasteiger partial charge is 0.494 e. The van der Waals surface area contributed by atoms with Crippen LogP contribution in [0, 0.1) is 0 Å². The van der Waals surface area contributed by atoms with Gasteiger partial charge < -0.3 is 19.7 Å². The molecule has 170 valence electrons. The van der Waals surface area contributed by atoms with Crippen molar-refractivity contribution < 1.29 is 24.0 Å². The standard InChI is InChI=1S/C25H27BN2O5/c1-24(2)25(3,4)33-26(32-24)17-11-9-16(10-12-17)15-21(23(30)31)28-22(29)19-13-14-27-20-8-6-5-7-18(19)20/h5-14,21H,15H2,1-4H3,(H,28,29)(H,30,31)/t21-/m0/s1. The Bertz CT molecular complexity index is 1170. The minimum atomic E-state index is -1.10. The van der Waals surface area contributed by atoms with Gasteiger partial charge >= 0.3 is 13.1 Å². The van der Waals surface area contributed by atoms with Crippen molar-refractivity contribution >= 4 is 35.4 Å². The van der Waals surface area contributed by atoms with Gasteiger partial charge in [0, 0.05) is 18.0 Å². The van der Waals surface area contributed by atoms with E-state index in [1.165, 1.54) is 0 Å². The van der Waals surface area contributed by atoms with Crippen molar-refractivity contribution in [3.05, 3.63) is 71.9 Å². The zero-order chi connectivity index (χ0) is 23.8. The average molecular weight is 446 g/mol. The Kier molecular flexibility index (Phi) is 5.99. The van der Waals surface area contributed by atoms with Crippen LogP contribution in [0.1, 0.15) is 43.6 Å². The number of hydrogen-bond donors (Lipinski definition) is 2. The first kappa shape index (κ1) is 23.0. The molecule has 1 fully saturated rings. The van der Waals surface area contributed by atoms with Crippen molar-refractivity contribution in [3.8, 4) is 0 Å². The fourth-order valence-electron chi connectivity index (χ4n) is 3.76. The Morgan fingerprint density at radius 3 is 2.27 bits per heavy atom. The minimum Gasteiger partial charge on any atom is -0.480 e. The number of aliphatic carboxylic acids is 1. The second-order valence-corrected chi connectivity index (χ2v) is 9.27. The first-order chi connectivity index (χ1) is 15.6. The summed E-state index contributed by atoms with van der Waals surface area (Å²) in [5, 5.41) is 13.0. The molecule has 8 heteroatoms. The van der Waals surface area contributed by atoms with Gasteiger partial charge in [-0.1, -0.05) is 42.5 Å². The molecule has 2 heterocycles. The number of nitrogens with zero attached hydrogens (tertiary/aromatic N) is 1. The molecule has 1 atom stereocenters. The number of amides is 1. The van der Waals surface area contributed by atoms with Crippen LogP contribution >= 0.6 is 0 Å². The van der Waals surface area contributed by atoms with Gasteiger partial charge in [-0.15, -0.1) is 0 Å². The molecule has 1 aliphatic rings. The predicted octanol–water partition coefficient (Wildman–Crippen LogP) is 2.96. The van der Waals surface area contributed by atoms with Crippen LogP contribution < -0.4 is 10.8 Å². The lowest BCUT2D eigenvalue weighted by Gasteiger charge is -2.32. The van der Waals surface area contributed by atoms with Crippen molar-refractivity contribution in [3.63, 3.8) is 0 Å². The third-order valence-corrected chi connectivity index (χ3v) is 6.44. The summed E-state index contributed by atoms with van der Waals surface area (Å²) in [6.45, 7) is 7.97. The average Bonchev–Trinajstić information content (AvgIpc) is 3.00. The fraction of sp³-hybridized carbons (Fsp3) is 0.320. The van der Waals surface area contributed by atoms with Gasteiger partial charge in [-0.05, 0) is 50.9 Å². The van der Waals surface area contributed by atoms with Crippen LogP contribution in [0.2, 0.25) is 0 Å². The van der Waals surface area contributed by atoms with Crippen LogP contribution in [0.25, 0.3) is 10.9 Å². The molecular formula is C25H27BN2O5. The third kappa shape index (κ3) is 4.63. The van der Waals surface area contributed by atoms with E-state index in [2.05, 4.69) is 10.3 Å². The van der Waals surface area contributed by atoms with Gasteiger partial charge in [-0.3, -0.25) is 9.78 Å². The predicted molar refractivity (Wildman–Crippen MR) is 126 cm³/mol. The number of benzene rings is 2. The number of nitrogens with one attached hydrogen (secondary N) is 1. The zero-order valence-electron chi connectivity index (χ0n) is 19.2. The highest BCUT2D eigenvalue weighted by molar-refractivity contribution is 6.62. The Balaban J connectivity index is 1.47. The first-order valence-corrected chi connectivity index (χ1v) is 10.9. The maximum absolute atomic E-state index is 12.9. The second kappa shape index (κ2) is 8.61. The van der Waals surface area contributed by atoms with Crippen LogP contribution in [-0.4, -0.2) is 46.3 Å². The summed E-state index contributed by atoms with van der Waals surface area (Å²) < 4.78 is 12.1. The molecule has 3 aromatic rings. The molecule has 0 unspecified atom stereocenters. The summed E-state index contributed by atoms with van der Waals surface area (Å²) in [5.74, 6) is -1.55. The SMILES string of the molecule is CC1(C)OB(c2ccc(C[C@H](NC(=O)c3ccnc4ccccc34)C(=O)O)cc2)OC1(C)C. The molecule has 0 spiro atoms. The van der Waals surface area contributed by atoms with E-state index in [1.807, 2.05) is 70.2 Å². The van der Waals surface area contributed by atoms with Gasteiger partial charge in [0.15, 0.2) is 0 Å². The highest BCUT2D eigenvalue weighted by Gasteiger charge is 2.51. The summed E-state index contributed by atoms with van der Waals surface area (Å²) in [6, 6.07) is 15.2. The van der Waals surface area contributed by atoms with E-state index in [1.54, 1.807) is 18.3 Å². The molecule has 2 N–H and O–H groups in total. The van der Waals surface area contributed by atoms with Gasteiger partial charge in [0.05, 0.1) is 22.3 Å². The lowest BCUT2D eigenvalue weighted by atomic mass is 9.78. The molecule has 0 radical (unpaired) electrons. The monoisotopic (exact) mass is 446 g/mol. The van der Waals surface area contributed by atoms with E-state index in [0.29, 0.717) is 16.5 Å². The van der Waals surface area contributed by atoms with Crippen molar-refractivity contribution in [2.24, 2.45) is 0 Å². The van der Waals surface area contributed by atoms with E-state index >= 15 is 0 Å². The van der Waals surface area contributed by atoms with Crippen LogP contribution in [0.5, 0.6) is 0 Å². The van der Waals surface area contributed by atoms with Crippen molar-refractivity contribution in [2.45, 2.75) is 51.4 Å². The lowest BCUT2D eigenvalue weighted by molar-refractivity contribution is -0.139. The molecule has 2 aromatic carbocycles. The number of carbonyl (C=O) groups is 2. The summed E-state index contributed by atoms with van der Waals surface area (Å²) in [7, 11) is -0.487. The number of carboxylic acid groups (broad SMARTS) is 1.